The van der Waals surface area contributed by atoms with Gasteiger partial charge in [0.2, 0.25) is 0 Å². The van der Waals surface area contributed by atoms with Gasteiger partial charge in [-0.25, -0.2) is 0 Å². The third-order valence-corrected chi connectivity index (χ3v) is 3.92. The molecule has 0 bridgehead atoms. The lowest BCUT2D eigenvalue weighted by molar-refractivity contribution is -0.128. The van der Waals surface area contributed by atoms with Crippen LogP contribution in [0.2, 0.25) is 0 Å². The Bertz CT molecular complexity index is 574. The number of para-hydroxylation sites is 1. The monoisotopic (exact) mass is 299 g/mol. The van der Waals surface area contributed by atoms with Crippen LogP contribution in [0.5, 0.6) is 5.75 Å². The zero-order valence-electron chi connectivity index (χ0n) is 12.5. The summed E-state index contributed by atoms with van der Waals surface area (Å²) in [6.45, 7) is 2.68. The van der Waals surface area contributed by atoms with E-state index >= 15 is 0 Å². The summed E-state index contributed by atoms with van der Waals surface area (Å²) >= 11 is 0. The molecule has 0 unspecified atom stereocenters. The van der Waals surface area contributed by atoms with E-state index in [4.69, 9.17) is 9.47 Å². The fourth-order valence-electron chi connectivity index (χ4n) is 2.33. The van der Waals surface area contributed by atoms with Crippen molar-refractivity contribution in [2.75, 3.05) is 31.7 Å². The molecule has 0 aromatic heterocycles. The molecule has 0 radical (unpaired) electrons. The van der Waals surface area contributed by atoms with Gasteiger partial charge in [-0.3, -0.25) is 0 Å². The van der Waals surface area contributed by atoms with Gasteiger partial charge in [0.1, 0.15) is 12.4 Å². The fourth-order valence-corrected chi connectivity index (χ4v) is 2.33. The zero-order valence-corrected chi connectivity index (χ0v) is 12.5. The van der Waals surface area contributed by atoms with Crippen molar-refractivity contribution in [1.82, 2.24) is 0 Å². The van der Waals surface area contributed by atoms with Crippen LogP contribution in [-0.4, -0.2) is 31.5 Å². The number of nitrogens with one attached hydrogen (secondary N) is 1. The summed E-state index contributed by atoms with van der Waals surface area (Å²) in [6, 6.07) is 18.0. The Labute approximate surface area is 130 Å². The molecule has 2 aromatic rings. The fraction of sp³-hybridized carbons (Fsp3) is 0.333. The predicted octanol–water partition coefficient (Wildman–Crippen LogP) is 2.69. The summed E-state index contributed by atoms with van der Waals surface area (Å²) in [5.41, 5.74) is 2.05. The highest BCUT2D eigenvalue weighted by atomic mass is 16.5. The van der Waals surface area contributed by atoms with Crippen molar-refractivity contribution in [2.45, 2.75) is 6.61 Å². The van der Waals surface area contributed by atoms with Gasteiger partial charge >= 0.3 is 0 Å². The lowest BCUT2D eigenvalue weighted by Gasteiger charge is -2.40. The van der Waals surface area contributed by atoms with Gasteiger partial charge < -0.3 is 19.9 Å². The molecule has 1 heterocycles. The molecular formula is C18H21NO3. The quantitative estimate of drug-likeness (QED) is 0.825. The molecule has 1 aliphatic heterocycles. The average molecular weight is 299 g/mol. The summed E-state index contributed by atoms with van der Waals surface area (Å²) < 4.78 is 10.9. The lowest BCUT2D eigenvalue weighted by atomic mass is 9.87. The molecule has 4 heteroatoms. The van der Waals surface area contributed by atoms with Gasteiger partial charge in [-0.15, -0.1) is 0 Å². The molecule has 0 amide bonds. The second kappa shape index (κ2) is 6.81. The molecule has 22 heavy (non-hydrogen) atoms. The van der Waals surface area contributed by atoms with Crippen LogP contribution < -0.4 is 10.1 Å². The lowest BCUT2D eigenvalue weighted by Crippen LogP contribution is -2.50. The Hall–Kier alpha value is -2.04. The number of ether oxygens (including phenoxy) is 2. The van der Waals surface area contributed by atoms with E-state index < -0.39 is 0 Å². The van der Waals surface area contributed by atoms with Gasteiger partial charge in [-0.05, 0) is 29.8 Å². The highest BCUT2D eigenvalue weighted by Gasteiger charge is 2.37. The van der Waals surface area contributed by atoms with Gasteiger partial charge in [-0.1, -0.05) is 30.3 Å². The second-order valence-corrected chi connectivity index (χ2v) is 5.80. The van der Waals surface area contributed by atoms with Gasteiger partial charge in [0.05, 0.1) is 25.2 Å². The average Bonchev–Trinajstić information content (AvgIpc) is 2.54. The number of aliphatic hydroxyl groups is 1. The maximum atomic E-state index is 9.40. The highest BCUT2D eigenvalue weighted by Crippen LogP contribution is 2.27. The van der Waals surface area contributed by atoms with Crippen molar-refractivity contribution in [3.8, 4) is 5.75 Å². The molecule has 2 N–H and O–H groups in total. The molecule has 3 rings (SSSR count). The minimum absolute atomic E-state index is 0.116. The molecule has 0 saturated carbocycles. The van der Waals surface area contributed by atoms with Crippen LogP contribution in [-0.2, 0) is 11.3 Å². The summed E-state index contributed by atoms with van der Waals surface area (Å²) in [6.07, 6.45) is 0. The minimum atomic E-state index is -0.116. The van der Waals surface area contributed by atoms with Crippen LogP contribution in [0.1, 0.15) is 5.56 Å². The number of anilines is 1. The first-order chi connectivity index (χ1) is 10.8. The first kappa shape index (κ1) is 14.9. The molecule has 116 valence electrons. The Morgan fingerprint density at radius 2 is 1.77 bits per heavy atom. The van der Waals surface area contributed by atoms with Crippen LogP contribution >= 0.6 is 0 Å². The standard InChI is InChI=1S/C18H21NO3/c20-12-18(13-21-14-18)11-19-16-8-6-15(7-9-16)10-22-17-4-2-1-3-5-17/h1-9,19-20H,10-14H2. The Kier molecular flexibility index (Phi) is 4.61. The SMILES string of the molecule is OCC1(CNc2ccc(COc3ccccc3)cc2)COC1. The number of hydrogen-bond acceptors (Lipinski definition) is 4. The molecule has 0 spiro atoms. The van der Waals surface area contributed by atoms with Crippen LogP contribution in [0, 0.1) is 5.41 Å². The van der Waals surface area contributed by atoms with Crippen LogP contribution in [0.15, 0.2) is 54.6 Å². The van der Waals surface area contributed by atoms with E-state index in [-0.39, 0.29) is 12.0 Å². The predicted molar refractivity (Wildman–Crippen MR) is 86.0 cm³/mol. The molecule has 1 aliphatic rings. The van der Waals surface area contributed by atoms with E-state index in [2.05, 4.69) is 5.32 Å². The van der Waals surface area contributed by atoms with Crippen molar-refractivity contribution in [1.29, 1.82) is 0 Å². The zero-order chi connectivity index (χ0) is 15.3. The topological polar surface area (TPSA) is 50.7 Å². The number of aliphatic hydroxyl groups excluding tert-OH is 1. The smallest absolute Gasteiger partial charge is 0.119 e. The Morgan fingerprint density at radius 3 is 2.36 bits per heavy atom. The Balaban J connectivity index is 1.50. The van der Waals surface area contributed by atoms with Crippen LogP contribution in [0.4, 0.5) is 5.69 Å². The number of rotatable bonds is 7. The van der Waals surface area contributed by atoms with Gasteiger partial charge in [0, 0.05) is 12.2 Å². The maximum Gasteiger partial charge on any atom is 0.119 e. The highest BCUT2D eigenvalue weighted by molar-refractivity contribution is 5.45. The van der Waals surface area contributed by atoms with E-state index in [9.17, 15) is 5.11 Å². The van der Waals surface area contributed by atoms with E-state index in [1.54, 1.807) is 0 Å². The second-order valence-electron chi connectivity index (χ2n) is 5.80. The largest absolute Gasteiger partial charge is 0.489 e. The molecule has 4 nitrogen and oxygen atoms in total. The Morgan fingerprint density at radius 1 is 1.05 bits per heavy atom. The first-order valence-electron chi connectivity index (χ1n) is 7.49. The van der Waals surface area contributed by atoms with Crippen LogP contribution in [0.3, 0.4) is 0 Å². The summed E-state index contributed by atoms with van der Waals surface area (Å²) in [5, 5.41) is 12.8. The molecule has 1 fully saturated rings. The van der Waals surface area contributed by atoms with Crippen molar-refractivity contribution in [3.05, 3.63) is 60.2 Å². The third kappa shape index (κ3) is 3.59. The minimum Gasteiger partial charge on any atom is -0.489 e. The van der Waals surface area contributed by atoms with E-state index in [0.29, 0.717) is 19.8 Å². The summed E-state index contributed by atoms with van der Waals surface area (Å²) in [4.78, 5) is 0. The van der Waals surface area contributed by atoms with E-state index in [1.807, 2.05) is 54.6 Å². The van der Waals surface area contributed by atoms with Gasteiger partial charge in [0.25, 0.3) is 0 Å². The number of benzene rings is 2. The van der Waals surface area contributed by atoms with Crippen molar-refractivity contribution in [2.24, 2.45) is 5.41 Å². The molecule has 2 aromatic carbocycles. The van der Waals surface area contributed by atoms with Gasteiger partial charge in [0.15, 0.2) is 0 Å². The van der Waals surface area contributed by atoms with E-state index in [0.717, 1.165) is 23.5 Å². The maximum absolute atomic E-state index is 9.40. The normalized spacial score (nSPS) is 15.9. The van der Waals surface area contributed by atoms with Crippen molar-refractivity contribution in [3.63, 3.8) is 0 Å². The summed E-state index contributed by atoms with van der Waals surface area (Å²) in [7, 11) is 0. The third-order valence-electron chi connectivity index (χ3n) is 3.92. The van der Waals surface area contributed by atoms with Crippen LogP contribution in [0.25, 0.3) is 0 Å². The molecule has 0 atom stereocenters. The summed E-state index contributed by atoms with van der Waals surface area (Å²) in [5.74, 6) is 0.875. The van der Waals surface area contributed by atoms with Gasteiger partial charge in [-0.2, -0.15) is 0 Å². The van der Waals surface area contributed by atoms with Crippen molar-refractivity contribution >= 4 is 5.69 Å². The van der Waals surface area contributed by atoms with E-state index in [1.165, 1.54) is 0 Å². The number of hydrogen-bond donors (Lipinski definition) is 2. The molecule has 1 saturated heterocycles. The molecular weight excluding hydrogens is 278 g/mol. The van der Waals surface area contributed by atoms with Crippen molar-refractivity contribution < 1.29 is 14.6 Å². The molecule has 0 aliphatic carbocycles. The first-order valence-corrected chi connectivity index (χ1v) is 7.49.